The average Bonchev–Trinajstić information content (AvgIpc) is 2.37. The van der Waals surface area contributed by atoms with Crippen LogP contribution >= 0.6 is 11.8 Å². The first kappa shape index (κ1) is 12.7. The Morgan fingerprint density at radius 1 is 1.17 bits per heavy atom. The number of carbonyl (C=O) groups is 1. The van der Waals surface area contributed by atoms with E-state index in [1.54, 1.807) is 24.5 Å². The van der Waals surface area contributed by atoms with Crippen LogP contribution in [0.1, 0.15) is 10.4 Å². The molecule has 0 amide bonds. The smallest absolute Gasteiger partial charge is 0.176 e. The number of thioether (sulfide) groups is 1. The number of Topliss-reactive ketones (excluding diaryl/α,β-unsaturated/α-hetero) is 1. The Morgan fingerprint density at radius 3 is 2.56 bits per heavy atom. The van der Waals surface area contributed by atoms with E-state index in [4.69, 9.17) is 0 Å². The highest BCUT2D eigenvalue weighted by Crippen LogP contribution is 2.19. The van der Waals surface area contributed by atoms with Crippen molar-refractivity contribution in [3.05, 3.63) is 59.9 Å². The van der Waals surface area contributed by atoms with E-state index < -0.39 is 11.6 Å². The summed E-state index contributed by atoms with van der Waals surface area (Å²) in [7, 11) is 0. The van der Waals surface area contributed by atoms with E-state index in [0.717, 1.165) is 11.0 Å². The summed E-state index contributed by atoms with van der Waals surface area (Å²) in [6.45, 7) is 0. The fraction of sp³-hybridized carbons (Fsp3) is 0.0769. The van der Waals surface area contributed by atoms with Gasteiger partial charge >= 0.3 is 0 Å². The normalized spacial score (nSPS) is 10.3. The van der Waals surface area contributed by atoms with Gasteiger partial charge in [0.2, 0.25) is 0 Å². The van der Waals surface area contributed by atoms with Gasteiger partial charge in [-0.15, -0.1) is 11.8 Å². The molecule has 0 aliphatic heterocycles. The monoisotopic (exact) mass is 265 g/mol. The summed E-state index contributed by atoms with van der Waals surface area (Å²) in [5.41, 5.74) is -0.0852. The van der Waals surface area contributed by atoms with Crippen LogP contribution in [0.2, 0.25) is 0 Å². The van der Waals surface area contributed by atoms with Crippen LogP contribution in [0.25, 0.3) is 0 Å². The molecule has 0 bridgehead atoms. The lowest BCUT2D eigenvalue weighted by atomic mass is 10.1. The first-order valence-electron chi connectivity index (χ1n) is 5.18. The van der Waals surface area contributed by atoms with Crippen LogP contribution in [0.4, 0.5) is 8.78 Å². The zero-order valence-corrected chi connectivity index (χ0v) is 10.1. The number of hydrogen-bond donors (Lipinski definition) is 0. The van der Waals surface area contributed by atoms with Crippen LogP contribution in [0.5, 0.6) is 0 Å². The second-order valence-corrected chi connectivity index (χ2v) is 4.57. The topological polar surface area (TPSA) is 30.0 Å². The summed E-state index contributed by atoms with van der Waals surface area (Å²) in [6, 6.07) is 6.48. The molecular weight excluding hydrogens is 256 g/mol. The highest BCUT2D eigenvalue weighted by atomic mass is 32.2. The van der Waals surface area contributed by atoms with Gasteiger partial charge in [0, 0.05) is 23.4 Å². The molecule has 0 aliphatic carbocycles. The van der Waals surface area contributed by atoms with Crippen molar-refractivity contribution in [2.24, 2.45) is 0 Å². The largest absolute Gasteiger partial charge is 0.293 e. The van der Waals surface area contributed by atoms with Gasteiger partial charge in [0.15, 0.2) is 5.78 Å². The van der Waals surface area contributed by atoms with Crippen LogP contribution < -0.4 is 0 Å². The number of halogens is 2. The summed E-state index contributed by atoms with van der Waals surface area (Å²) in [5.74, 6) is -1.78. The summed E-state index contributed by atoms with van der Waals surface area (Å²) >= 11 is 1.29. The molecule has 0 spiro atoms. The van der Waals surface area contributed by atoms with Gasteiger partial charge in [-0.05, 0) is 24.3 Å². The maximum Gasteiger partial charge on any atom is 0.176 e. The van der Waals surface area contributed by atoms with Crippen LogP contribution in [0, 0.1) is 11.6 Å². The van der Waals surface area contributed by atoms with E-state index in [-0.39, 0.29) is 17.1 Å². The van der Waals surface area contributed by atoms with Crippen molar-refractivity contribution in [3.8, 4) is 0 Å². The van der Waals surface area contributed by atoms with E-state index >= 15 is 0 Å². The SMILES string of the molecule is O=C(CSc1ccncc1)c1ccc(F)cc1F. The number of nitrogens with zero attached hydrogens (tertiary/aromatic N) is 1. The number of aromatic nitrogens is 1. The summed E-state index contributed by atoms with van der Waals surface area (Å²) < 4.78 is 26.0. The number of hydrogen-bond acceptors (Lipinski definition) is 3. The second-order valence-electron chi connectivity index (χ2n) is 3.52. The van der Waals surface area contributed by atoms with E-state index in [1.807, 2.05) is 0 Å². The van der Waals surface area contributed by atoms with Crippen molar-refractivity contribution in [2.75, 3.05) is 5.75 Å². The van der Waals surface area contributed by atoms with Gasteiger partial charge in [0.05, 0.1) is 11.3 Å². The molecule has 0 atom stereocenters. The van der Waals surface area contributed by atoms with E-state index in [0.29, 0.717) is 6.07 Å². The van der Waals surface area contributed by atoms with Gasteiger partial charge in [-0.25, -0.2) is 8.78 Å². The van der Waals surface area contributed by atoms with Crippen molar-refractivity contribution in [1.82, 2.24) is 4.98 Å². The molecule has 0 radical (unpaired) electrons. The molecule has 92 valence electrons. The van der Waals surface area contributed by atoms with Gasteiger partial charge in [-0.2, -0.15) is 0 Å². The van der Waals surface area contributed by atoms with Gasteiger partial charge in [0.25, 0.3) is 0 Å². The van der Waals surface area contributed by atoms with E-state index in [2.05, 4.69) is 4.98 Å². The maximum absolute atomic E-state index is 13.3. The molecule has 0 N–H and O–H groups in total. The summed E-state index contributed by atoms with van der Waals surface area (Å²) in [4.78, 5) is 16.5. The molecular formula is C13H9F2NOS. The van der Waals surface area contributed by atoms with Crippen LogP contribution in [0.15, 0.2) is 47.6 Å². The van der Waals surface area contributed by atoms with Gasteiger partial charge in [0.1, 0.15) is 11.6 Å². The Kier molecular flexibility index (Phi) is 4.04. The Hall–Kier alpha value is -1.75. The molecule has 2 rings (SSSR count). The van der Waals surface area contributed by atoms with Crippen molar-refractivity contribution >= 4 is 17.5 Å². The van der Waals surface area contributed by atoms with E-state index in [1.165, 1.54) is 17.8 Å². The number of carbonyl (C=O) groups excluding carboxylic acids is 1. The average molecular weight is 265 g/mol. The number of ketones is 1. The molecule has 0 saturated carbocycles. The zero-order valence-electron chi connectivity index (χ0n) is 9.27. The molecule has 1 heterocycles. The third kappa shape index (κ3) is 3.13. The predicted octanol–water partition coefficient (Wildman–Crippen LogP) is 3.33. The minimum atomic E-state index is -0.824. The number of pyridine rings is 1. The number of benzene rings is 1. The van der Waals surface area contributed by atoms with E-state index in [9.17, 15) is 13.6 Å². The Morgan fingerprint density at radius 2 is 1.89 bits per heavy atom. The third-order valence-electron chi connectivity index (χ3n) is 2.25. The molecule has 0 unspecified atom stereocenters. The molecule has 1 aromatic heterocycles. The molecule has 2 aromatic rings. The Bertz CT molecular complexity index is 560. The molecule has 18 heavy (non-hydrogen) atoms. The van der Waals surface area contributed by atoms with Crippen molar-refractivity contribution in [1.29, 1.82) is 0 Å². The number of rotatable bonds is 4. The van der Waals surface area contributed by atoms with Crippen molar-refractivity contribution < 1.29 is 13.6 Å². The fourth-order valence-corrected chi connectivity index (χ4v) is 2.14. The van der Waals surface area contributed by atoms with Gasteiger partial charge in [-0.3, -0.25) is 9.78 Å². The molecule has 5 heteroatoms. The van der Waals surface area contributed by atoms with Gasteiger partial charge < -0.3 is 0 Å². The first-order valence-corrected chi connectivity index (χ1v) is 6.16. The molecule has 0 aliphatic rings. The van der Waals surface area contributed by atoms with Crippen LogP contribution in [-0.4, -0.2) is 16.5 Å². The Balaban J connectivity index is 2.04. The van der Waals surface area contributed by atoms with Crippen LogP contribution in [0.3, 0.4) is 0 Å². The predicted molar refractivity (Wildman–Crippen MR) is 65.6 cm³/mol. The summed E-state index contributed by atoms with van der Waals surface area (Å²) in [6.07, 6.45) is 3.23. The van der Waals surface area contributed by atoms with Crippen molar-refractivity contribution in [2.45, 2.75) is 4.90 Å². The zero-order chi connectivity index (χ0) is 13.0. The minimum Gasteiger partial charge on any atom is -0.293 e. The lowest BCUT2D eigenvalue weighted by molar-refractivity contribution is 0.101. The molecule has 0 fully saturated rings. The highest BCUT2D eigenvalue weighted by Gasteiger charge is 2.12. The lowest BCUT2D eigenvalue weighted by Gasteiger charge is -2.03. The molecule has 2 nitrogen and oxygen atoms in total. The summed E-state index contributed by atoms with van der Waals surface area (Å²) in [5, 5.41) is 0. The fourth-order valence-electron chi connectivity index (χ4n) is 1.38. The molecule has 1 aromatic carbocycles. The second kappa shape index (κ2) is 5.73. The maximum atomic E-state index is 13.3. The highest BCUT2D eigenvalue weighted by molar-refractivity contribution is 8.00. The van der Waals surface area contributed by atoms with Crippen LogP contribution in [-0.2, 0) is 0 Å². The van der Waals surface area contributed by atoms with Crippen molar-refractivity contribution in [3.63, 3.8) is 0 Å². The quantitative estimate of drug-likeness (QED) is 0.627. The van der Waals surface area contributed by atoms with Gasteiger partial charge in [-0.1, -0.05) is 0 Å². The lowest BCUT2D eigenvalue weighted by Crippen LogP contribution is -2.05. The molecule has 0 saturated heterocycles. The third-order valence-corrected chi connectivity index (χ3v) is 3.26. The Labute approximate surface area is 107 Å². The minimum absolute atomic E-state index is 0.0852. The first-order chi connectivity index (χ1) is 8.66. The standard InChI is InChI=1S/C13H9F2NOS/c14-9-1-2-11(12(15)7-9)13(17)8-18-10-3-5-16-6-4-10/h1-7H,8H2.